The lowest BCUT2D eigenvalue weighted by Gasteiger charge is -2.05. The van der Waals surface area contributed by atoms with Gasteiger partial charge >= 0.3 is 0 Å². The maximum absolute atomic E-state index is 12.2. The number of aryl methyl sites for hydroxylation is 2. The van der Waals surface area contributed by atoms with E-state index in [1.807, 2.05) is 25.1 Å². The van der Waals surface area contributed by atoms with Crippen LogP contribution in [0.15, 0.2) is 30.6 Å². The number of hydrogen-bond donors (Lipinski definition) is 2. The fraction of sp³-hybridized carbons (Fsp3) is 0.267. The minimum atomic E-state index is -0.0738. The molecule has 0 aliphatic heterocycles. The van der Waals surface area contributed by atoms with Crippen LogP contribution in [0.3, 0.4) is 0 Å². The summed E-state index contributed by atoms with van der Waals surface area (Å²) in [6.45, 7) is 5.22. The Morgan fingerprint density at radius 2 is 2.24 bits per heavy atom. The molecule has 0 spiro atoms. The van der Waals surface area contributed by atoms with Crippen molar-refractivity contribution in [2.45, 2.75) is 20.4 Å². The standard InChI is InChI=1S/C15H17N5O/c1-10-11(2)18-14-4-3-12(9-13(10)14)15(21)16-5-7-20-8-6-17-19-20/h3-4,6,8-9,18H,5,7H2,1-2H3,(H,16,21). The third kappa shape index (κ3) is 2.65. The smallest absolute Gasteiger partial charge is 0.251 e. The molecule has 0 unspecified atom stereocenters. The SMILES string of the molecule is Cc1[nH]c2ccc(C(=O)NCCn3ccnn3)cc2c1C. The molecule has 2 N–H and O–H groups in total. The molecule has 0 saturated carbocycles. The van der Waals surface area contributed by atoms with E-state index in [1.54, 1.807) is 17.1 Å². The summed E-state index contributed by atoms with van der Waals surface area (Å²) in [5, 5.41) is 11.6. The Bertz CT molecular complexity index is 773. The van der Waals surface area contributed by atoms with Crippen LogP contribution in [0.25, 0.3) is 10.9 Å². The predicted molar refractivity (Wildman–Crippen MR) is 80.1 cm³/mol. The van der Waals surface area contributed by atoms with Crippen molar-refractivity contribution in [3.8, 4) is 0 Å². The highest BCUT2D eigenvalue weighted by Crippen LogP contribution is 2.22. The Hall–Kier alpha value is -2.63. The molecule has 3 rings (SSSR count). The number of nitrogens with zero attached hydrogens (tertiary/aromatic N) is 3. The van der Waals surface area contributed by atoms with Crippen LogP contribution in [0, 0.1) is 13.8 Å². The summed E-state index contributed by atoms with van der Waals surface area (Å²) in [6.07, 6.45) is 3.39. The Labute approximate surface area is 122 Å². The molecule has 1 amide bonds. The minimum absolute atomic E-state index is 0.0738. The van der Waals surface area contributed by atoms with Gasteiger partial charge in [0.2, 0.25) is 0 Å². The second-order valence-corrected chi connectivity index (χ2v) is 5.06. The zero-order valence-electron chi connectivity index (χ0n) is 12.1. The first-order chi connectivity index (χ1) is 10.1. The van der Waals surface area contributed by atoms with Crippen molar-refractivity contribution in [2.24, 2.45) is 0 Å². The summed E-state index contributed by atoms with van der Waals surface area (Å²) in [7, 11) is 0. The summed E-state index contributed by atoms with van der Waals surface area (Å²) >= 11 is 0. The molecule has 0 aliphatic rings. The summed E-state index contributed by atoms with van der Waals surface area (Å²) < 4.78 is 1.68. The van der Waals surface area contributed by atoms with Gasteiger partial charge in [0.1, 0.15) is 0 Å². The molecular formula is C15H17N5O. The Balaban J connectivity index is 1.70. The zero-order valence-corrected chi connectivity index (χ0v) is 12.1. The van der Waals surface area contributed by atoms with Crippen LogP contribution in [0.2, 0.25) is 0 Å². The average molecular weight is 283 g/mol. The van der Waals surface area contributed by atoms with Gasteiger partial charge in [-0.25, -0.2) is 0 Å². The number of carbonyl (C=O) groups excluding carboxylic acids is 1. The van der Waals surface area contributed by atoms with E-state index < -0.39 is 0 Å². The summed E-state index contributed by atoms with van der Waals surface area (Å²) in [6, 6.07) is 5.71. The van der Waals surface area contributed by atoms with Crippen LogP contribution in [-0.4, -0.2) is 32.4 Å². The highest BCUT2D eigenvalue weighted by molar-refractivity contribution is 5.99. The van der Waals surface area contributed by atoms with Crippen molar-refractivity contribution in [3.05, 3.63) is 47.4 Å². The molecule has 2 heterocycles. The van der Waals surface area contributed by atoms with Gasteiger partial charge in [0.25, 0.3) is 5.91 Å². The molecule has 3 aromatic rings. The molecule has 0 atom stereocenters. The predicted octanol–water partition coefficient (Wildman–Crippen LogP) is 1.81. The van der Waals surface area contributed by atoms with Gasteiger partial charge < -0.3 is 10.3 Å². The summed E-state index contributed by atoms with van der Waals surface area (Å²) in [5.74, 6) is -0.0738. The molecule has 2 aromatic heterocycles. The van der Waals surface area contributed by atoms with Gasteiger partial charge in [0.05, 0.1) is 12.7 Å². The van der Waals surface area contributed by atoms with Crippen LogP contribution in [0.4, 0.5) is 0 Å². The van der Waals surface area contributed by atoms with Crippen LogP contribution < -0.4 is 5.32 Å². The molecule has 0 bridgehead atoms. The number of nitrogens with one attached hydrogen (secondary N) is 2. The van der Waals surface area contributed by atoms with E-state index in [0.717, 1.165) is 16.6 Å². The Kier molecular flexibility index (Phi) is 3.43. The summed E-state index contributed by atoms with van der Waals surface area (Å²) in [4.78, 5) is 15.5. The normalized spacial score (nSPS) is 11.0. The maximum Gasteiger partial charge on any atom is 0.251 e. The second-order valence-electron chi connectivity index (χ2n) is 5.06. The van der Waals surface area contributed by atoms with E-state index in [2.05, 4.69) is 27.5 Å². The first-order valence-electron chi connectivity index (χ1n) is 6.86. The maximum atomic E-state index is 12.2. The fourth-order valence-corrected chi connectivity index (χ4v) is 2.34. The van der Waals surface area contributed by atoms with E-state index in [9.17, 15) is 4.79 Å². The lowest BCUT2D eigenvalue weighted by molar-refractivity contribution is 0.0952. The van der Waals surface area contributed by atoms with Gasteiger partial charge in [-0.15, -0.1) is 5.10 Å². The van der Waals surface area contributed by atoms with Crippen molar-refractivity contribution in [3.63, 3.8) is 0 Å². The lowest BCUT2D eigenvalue weighted by Crippen LogP contribution is -2.27. The molecule has 0 radical (unpaired) electrons. The summed E-state index contributed by atoms with van der Waals surface area (Å²) in [5.41, 5.74) is 4.04. The molecule has 1 aromatic carbocycles. The first-order valence-corrected chi connectivity index (χ1v) is 6.86. The average Bonchev–Trinajstić information content (AvgIpc) is 3.08. The number of aromatic amines is 1. The molecule has 108 valence electrons. The molecule has 0 fully saturated rings. The number of rotatable bonds is 4. The van der Waals surface area contributed by atoms with Gasteiger partial charge in [0, 0.05) is 34.9 Å². The number of carbonyl (C=O) groups is 1. The van der Waals surface area contributed by atoms with Crippen LogP contribution >= 0.6 is 0 Å². The fourth-order valence-electron chi connectivity index (χ4n) is 2.34. The number of amides is 1. The van der Waals surface area contributed by atoms with Gasteiger partial charge in [-0.1, -0.05) is 5.21 Å². The zero-order chi connectivity index (χ0) is 14.8. The largest absolute Gasteiger partial charge is 0.358 e. The van der Waals surface area contributed by atoms with Crippen LogP contribution in [0.1, 0.15) is 21.6 Å². The second kappa shape index (κ2) is 5.40. The van der Waals surface area contributed by atoms with Crippen LogP contribution in [-0.2, 0) is 6.54 Å². The van der Waals surface area contributed by atoms with Gasteiger partial charge in [-0.3, -0.25) is 9.48 Å². The molecule has 0 aliphatic carbocycles. The third-order valence-corrected chi connectivity index (χ3v) is 3.67. The Morgan fingerprint density at radius 1 is 1.38 bits per heavy atom. The number of hydrogen-bond acceptors (Lipinski definition) is 3. The number of fused-ring (bicyclic) bond motifs is 1. The number of aromatic nitrogens is 4. The highest BCUT2D eigenvalue weighted by Gasteiger charge is 2.09. The van der Waals surface area contributed by atoms with E-state index in [1.165, 1.54) is 5.56 Å². The quantitative estimate of drug-likeness (QED) is 0.766. The van der Waals surface area contributed by atoms with Crippen molar-refractivity contribution < 1.29 is 4.79 Å². The van der Waals surface area contributed by atoms with E-state index in [-0.39, 0.29) is 5.91 Å². The molecule has 21 heavy (non-hydrogen) atoms. The molecule has 6 nitrogen and oxygen atoms in total. The minimum Gasteiger partial charge on any atom is -0.358 e. The lowest BCUT2D eigenvalue weighted by atomic mass is 10.1. The van der Waals surface area contributed by atoms with Crippen molar-refractivity contribution in [2.75, 3.05) is 6.54 Å². The highest BCUT2D eigenvalue weighted by atomic mass is 16.1. The number of H-pyrrole nitrogens is 1. The monoisotopic (exact) mass is 283 g/mol. The van der Waals surface area contributed by atoms with Gasteiger partial charge in [-0.05, 0) is 37.6 Å². The van der Waals surface area contributed by atoms with Gasteiger partial charge in [-0.2, -0.15) is 0 Å². The molecule has 6 heteroatoms. The molecular weight excluding hydrogens is 266 g/mol. The number of benzene rings is 1. The van der Waals surface area contributed by atoms with Crippen molar-refractivity contribution in [1.82, 2.24) is 25.3 Å². The van der Waals surface area contributed by atoms with Crippen LogP contribution in [0.5, 0.6) is 0 Å². The van der Waals surface area contributed by atoms with Crippen molar-refractivity contribution in [1.29, 1.82) is 0 Å². The Morgan fingerprint density at radius 3 is 3.00 bits per heavy atom. The first kappa shape index (κ1) is 13.4. The van der Waals surface area contributed by atoms with E-state index in [0.29, 0.717) is 18.7 Å². The van der Waals surface area contributed by atoms with Crippen molar-refractivity contribution >= 4 is 16.8 Å². The van der Waals surface area contributed by atoms with Gasteiger partial charge in [0.15, 0.2) is 0 Å². The van der Waals surface area contributed by atoms with E-state index in [4.69, 9.17) is 0 Å². The van der Waals surface area contributed by atoms with E-state index >= 15 is 0 Å². The third-order valence-electron chi connectivity index (χ3n) is 3.67. The topological polar surface area (TPSA) is 75.6 Å². The molecule has 0 saturated heterocycles.